The Bertz CT molecular complexity index is 1080. The third-order valence-electron chi connectivity index (χ3n) is 13.6. The lowest BCUT2D eigenvalue weighted by Crippen LogP contribution is -2.63. The highest BCUT2D eigenvalue weighted by Crippen LogP contribution is 2.75. The van der Waals surface area contributed by atoms with Crippen molar-refractivity contribution in [2.45, 2.75) is 143 Å². The molecule has 0 bridgehead atoms. The van der Waals surface area contributed by atoms with Crippen LogP contribution in [0.2, 0.25) is 0 Å². The van der Waals surface area contributed by atoms with Crippen molar-refractivity contribution in [3.05, 3.63) is 23.3 Å². The van der Waals surface area contributed by atoms with Gasteiger partial charge in [-0.25, -0.2) is 0 Å². The fraction of sp³-hybridized carbons (Fsp3) is 0.889. The average molecular weight is 605 g/mol. The van der Waals surface area contributed by atoms with E-state index < -0.39 is 24.6 Å². The molecule has 0 spiro atoms. The van der Waals surface area contributed by atoms with Crippen LogP contribution in [-0.2, 0) is 14.2 Å². The van der Waals surface area contributed by atoms with Gasteiger partial charge in [0.15, 0.2) is 6.29 Å². The molecule has 7 nitrogen and oxygen atoms in total. The van der Waals surface area contributed by atoms with Crippen LogP contribution in [0.15, 0.2) is 23.3 Å². The zero-order valence-corrected chi connectivity index (χ0v) is 28.2. The second kappa shape index (κ2) is 11.8. The summed E-state index contributed by atoms with van der Waals surface area (Å²) in [5.74, 6) is 1.37. The van der Waals surface area contributed by atoms with E-state index in [9.17, 15) is 20.4 Å². The molecule has 5 rings (SSSR count). The lowest BCUT2D eigenvalue weighted by molar-refractivity contribution is -0.294. The van der Waals surface area contributed by atoms with Gasteiger partial charge >= 0.3 is 0 Å². The van der Waals surface area contributed by atoms with E-state index in [0.717, 1.165) is 44.9 Å². The minimum absolute atomic E-state index is 0.0162. The number of aliphatic hydroxyl groups is 4. The second-order valence-corrected chi connectivity index (χ2v) is 16.5. The van der Waals surface area contributed by atoms with Crippen LogP contribution in [-0.4, -0.2) is 77.1 Å². The first-order chi connectivity index (χ1) is 20.0. The van der Waals surface area contributed by atoms with Crippen molar-refractivity contribution in [1.82, 2.24) is 0 Å². The molecule has 7 heteroatoms. The summed E-state index contributed by atoms with van der Waals surface area (Å²) in [4.78, 5) is 0. The molecule has 4 fully saturated rings. The number of aliphatic hydroxyl groups excluding tert-OH is 4. The smallest absolute Gasteiger partial charge is 0.186 e. The summed E-state index contributed by atoms with van der Waals surface area (Å²) in [6, 6.07) is 0. The van der Waals surface area contributed by atoms with Crippen LogP contribution < -0.4 is 0 Å². The minimum Gasteiger partial charge on any atom is -0.393 e. The number of fused-ring (bicyclic) bond motifs is 5. The summed E-state index contributed by atoms with van der Waals surface area (Å²) in [6.07, 6.45) is 6.43. The van der Waals surface area contributed by atoms with Crippen molar-refractivity contribution >= 4 is 0 Å². The van der Waals surface area contributed by atoms with Crippen LogP contribution in [0.1, 0.15) is 100 Å². The van der Waals surface area contributed by atoms with Crippen molar-refractivity contribution < 1.29 is 34.6 Å². The summed E-state index contributed by atoms with van der Waals surface area (Å²) in [6.45, 7) is 18.5. The highest BCUT2D eigenvalue weighted by atomic mass is 16.7. The average Bonchev–Trinajstić information content (AvgIpc) is 3.14. The third-order valence-corrected chi connectivity index (χ3v) is 13.6. The van der Waals surface area contributed by atoms with Gasteiger partial charge in [0.2, 0.25) is 0 Å². The van der Waals surface area contributed by atoms with Gasteiger partial charge in [0.25, 0.3) is 0 Å². The van der Waals surface area contributed by atoms with Gasteiger partial charge in [-0.15, -0.1) is 0 Å². The maximum absolute atomic E-state index is 11.8. The van der Waals surface area contributed by atoms with E-state index >= 15 is 0 Å². The maximum atomic E-state index is 11.8. The van der Waals surface area contributed by atoms with Crippen LogP contribution in [0.5, 0.6) is 0 Å². The van der Waals surface area contributed by atoms with E-state index in [1.165, 1.54) is 11.1 Å². The van der Waals surface area contributed by atoms with E-state index in [0.29, 0.717) is 11.8 Å². The van der Waals surface area contributed by atoms with Gasteiger partial charge in [-0.05, 0) is 92.8 Å². The highest BCUT2D eigenvalue weighted by molar-refractivity contribution is 5.33. The van der Waals surface area contributed by atoms with Crippen LogP contribution in [0.25, 0.3) is 0 Å². The fourth-order valence-corrected chi connectivity index (χ4v) is 11.2. The SMILES string of the molecule is COC1C=C2C(CCC(OC3OCC(O)C(O)C3O)C2(C)C)C2(C)CCC3(C)C(C(C)CCC=C(C)C)C(O)CC3(C)C12. The van der Waals surface area contributed by atoms with Crippen LogP contribution in [0, 0.1) is 45.3 Å². The quantitative estimate of drug-likeness (QED) is 0.289. The molecular weight excluding hydrogens is 544 g/mol. The van der Waals surface area contributed by atoms with Crippen LogP contribution in [0.3, 0.4) is 0 Å². The molecule has 0 aromatic rings. The molecule has 1 saturated heterocycles. The molecule has 0 aromatic heterocycles. The monoisotopic (exact) mass is 604 g/mol. The van der Waals surface area contributed by atoms with E-state index in [2.05, 4.69) is 67.5 Å². The molecule has 0 radical (unpaired) electrons. The van der Waals surface area contributed by atoms with E-state index in [-0.39, 0.29) is 58.4 Å². The lowest BCUT2D eigenvalue weighted by atomic mass is 9.38. The second-order valence-electron chi connectivity index (χ2n) is 16.5. The Morgan fingerprint density at radius 3 is 2.35 bits per heavy atom. The summed E-state index contributed by atoms with van der Waals surface area (Å²) < 4.78 is 18.5. The summed E-state index contributed by atoms with van der Waals surface area (Å²) >= 11 is 0. The largest absolute Gasteiger partial charge is 0.393 e. The molecular formula is C36H60O7. The number of rotatable bonds is 7. The van der Waals surface area contributed by atoms with Gasteiger partial charge < -0.3 is 34.6 Å². The first-order valence-corrected chi connectivity index (χ1v) is 16.9. The molecule has 1 heterocycles. The first kappa shape index (κ1) is 33.6. The zero-order valence-electron chi connectivity index (χ0n) is 28.2. The first-order valence-electron chi connectivity index (χ1n) is 16.9. The van der Waals surface area contributed by atoms with Gasteiger partial charge in [-0.1, -0.05) is 64.8 Å². The fourth-order valence-electron chi connectivity index (χ4n) is 11.2. The normalized spacial score (nSPS) is 49.7. The molecule has 246 valence electrons. The Morgan fingerprint density at radius 2 is 1.70 bits per heavy atom. The molecule has 14 atom stereocenters. The van der Waals surface area contributed by atoms with Crippen molar-refractivity contribution in [1.29, 1.82) is 0 Å². The highest BCUT2D eigenvalue weighted by Gasteiger charge is 2.71. The number of hydrogen-bond acceptors (Lipinski definition) is 7. The van der Waals surface area contributed by atoms with Crippen LogP contribution >= 0.6 is 0 Å². The van der Waals surface area contributed by atoms with E-state index in [1.807, 2.05) is 7.11 Å². The Balaban J connectivity index is 1.45. The van der Waals surface area contributed by atoms with Crippen molar-refractivity contribution in [3.63, 3.8) is 0 Å². The van der Waals surface area contributed by atoms with Crippen molar-refractivity contribution in [2.24, 2.45) is 45.3 Å². The molecule has 0 amide bonds. The molecule has 43 heavy (non-hydrogen) atoms. The number of methoxy groups -OCH3 is 1. The predicted molar refractivity (Wildman–Crippen MR) is 167 cm³/mol. The Kier molecular flexibility index (Phi) is 9.19. The van der Waals surface area contributed by atoms with Gasteiger partial charge in [0.1, 0.15) is 18.3 Å². The Morgan fingerprint density at radius 1 is 1.00 bits per heavy atom. The molecule has 0 aromatic carbocycles. The van der Waals surface area contributed by atoms with E-state index in [1.54, 1.807) is 0 Å². The number of ether oxygens (including phenoxy) is 3. The predicted octanol–water partition coefficient (Wildman–Crippen LogP) is 5.39. The summed E-state index contributed by atoms with van der Waals surface area (Å²) in [5, 5.41) is 42.5. The minimum atomic E-state index is -1.30. The number of allylic oxidation sites excluding steroid dienone is 2. The molecule has 14 unspecified atom stereocenters. The molecule has 3 saturated carbocycles. The van der Waals surface area contributed by atoms with Gasteiger partial charge in [-0.2, -0.15) is 0 Å². The van der Waals surface area contributed by atoms with Gasteiger partial charge in [0, 0.05) is 18.4 Å². The molecule has 1 aliphatic heterocycles. The third kappa shape index (κ3) is 5.21. The van der Waals surface area contributed by atoms with Crippen LogP contribution in [0.4, 0.5) is 0 Å². The van der Waals surface area contributed by atoms with Crippen molar-refractivity contribution in [3.8, 4) is 0 Å². The molecule has 4 aliphatic carbocycles. The standard InChI is InChI=1S/C36H60O7/c1-20(2)11-10-12-21(3)28-24(37)18-36(8)31-26(41-9)17-23-22(34(31,6)15-16-35(28,36)7)13-14-27(33(23,4)5)43-32-30(40)29(39)25(38)19-42-32/h11,17,21-22,24-32,37-40H,10,12-16,18-19H2,1-9H3. The Hall–Kier alpha value is -0.800. The molecule has 4 N–H and O–H groups in total. The molecule has 5 aliphatic rings. The van der Waals surface area contributed by atoms with E-state index in [4.69, 9.17) is 14.2 Å². The summed E-state index contributed by atoms with van der Waals surface area (Å²) in [5.41, 5.74) is 2.36. The van der Waals surface area contributed by atoms with Crippen molar-refractivity contribution in [2.75, 3.05) is 13.7 Å². The topological polar surface area (TPSA) is 109 Å². The zero-order chi connectivity index (χ0) is 31.7. The summed E-state index contributed by atoms with van der Waals surface area (Å²) in [7, 11) is 1.84. The van der Waals surface area contributed by atoms with Gasteiger partial charge in [0.05, 0.1) is 24.9 Å². The maximum Gasteiger partial charge on any atom is 0.186 e. The van der Waals surface area contributed by atoms with Gasteiger partial charge in [-0.3, -0.25) is 0 Å². The number of hydrogen-bond donors (Lipinski definition) is 4. The Labute approximate surface area is 260 Å². The lowest BCUT2D eigenvalue weighted by Gasteiger charge is -2.67.